The Bertz CT molecular complexity index is 450. The molecule has 116 valence electrons. The zero-order valence-electron chi connectivity index (χ0n) is 13.4. The van der Waals surface area contributed by atoms with E-state index in [0.29, 0.717) is 6.54 Å². The summed E-state index contributed by atoms with van der Waals surface area (Å²) in [5.41, 5.74) is 2.37. The molecule has 1 fully saturated rings. The van der Waals surface area contributed by atoms with Gasteiger partial charge in [-0.3, -0.25) is 4.79 Å². The van der Waals surface area contributed by atoms with Crippen LogP contribution in [0, 0.1) is 0 Å². The molecule has 1 N–H and O–H groups in total. The molecule has 0 radical (unpaired) electrons. The van der Waals surface area contributed by atoms with Gasteiger partial charge in [0, 0.05) is 32.9 Å². The summed E-state index contributed by atoms with van der Waals surface area (Å²) >= 11 is 0. The Labute approximate surface area is 128 Å². The topological polar surface area (TPSA) is 35.6 Å². The van der Waals surface area contributed by atoms with Crippen LogP contribution in [0.3, 0.4) is 0 Å². The number of likely N-dealkylation sites (N-methyl/N-ethyl adjacent to an activating group) is 1. The third-order valence-corrected chi connectivity index (χ3v) is 4.13. The molecular weight excluding hydrogens is 262 g/mol. The van der Waals surface area contributed by atoms with Crippen molar-refractivity contribution in [2.24, 2.45) is 0 Å². The molecule has 0 bridgehead atoms. The van der Waals surface area contributed by atoms with Crippen molar-refractivity contribution in [3.63, 3.8) is 0 Å². The Morgan fingerprint density at radius 2 is 1.95 bits per heavy atom. The van der Waals surface area contributed by atoms with Crippen molar-refractivity contribution in [3.05, 3.63) is 29.8 Å². The van der Waals surface area contributed by atoms with Crippen LogP contribution in [0.1, 0.15) is 31.7 Å². The van der Waals surface area contributed by atoms with Gasteiger partial charge >= 0.3 is 0 Å². The summed E-state index contributed by atoms with van der Waals surface area (Å²) < 4.78 is 0. The highest BCUT2D eigenvalue weighted by atomic mass is 16.2. The smallest absolute Gasteiger partial charge is 0.239 e. The number of nitrogens with zero attached hydrogens (tertiary/aromatic N) is 2. The molecule has 4 heteroatoms. The lowest BCUT2D eigenvalue weighted by Crippen LogP contribution is -2.48. The van der Waals surface area contributed by atoms with Gasteiger partial charge in [0.15, 0.2) is 0 Å². The van der Waals surface area contributed by atoms with Gasteiger partial charge in [0.25, 0.3) is 0 Å². The molecule has 0 aliphatic carbocycles. The molecule has 1 heterocycles. The molecule has 0 saturated carbocycles. The second-order valence-corrected chi connectivity index (χ2v) is 5.92. The molecule has 1 unspecified atom stereocenters. The van der Waals surface area contributed by atoms with Crippen LogP contribution >= 0.6 is 0 Å². The SMILES string of the molecule is CCN(Cc1ccc(N(C)C)cc1)C(=O)C1CCCCN1. The Hall–Kier alpha value is -1.55. The Balaban J connectivity index is 1.99. The van der Waals surface area contributed by atoms with Crippen LogP contribution in [0.15, 0.2) is 24.3 Å². The third kappa shape index (κ3) is 4.21. The van der Waals surface area contributed by atoms with E-state index < -0.39 is 0 Å². The molecule has 1 aliphatic heterocycles. The van der Waals surface area contributed by atoms with Gasteiger partial charge in [-0.05, 0) is 44.0 Å². The van der Waals surface area contributed by atoms with Crippen LogP contribution < -0.4 is 10.2 Å². The minimum Gasteiger partial charge on any atom is -0.378 e. The second kappa shape index (κ2) is 7.46. The number of piperidine rings is 1. The lowest BCUT2D eigenvalue weighted by Gasteiger charge is -2.29. The standard InChI is InChI=1S/C17H27N3O/c1-4-20(17(21)16-7-5-6-12-18-16)13-14-8-10-15(11-9-14)19(2)3/h8-11,16,18H,4-7,12-13H2,1-3H3. The molecule has 2 rings (SSSR count). The highest BCUT2D eigenvalue weighted by Gasteiger charge is 2.24. The minimum absolute atomic E-state index is 0.0137. The van der Waals surface area contributed by atoms with Gasteiger partial charge in [0.05, 0.1) is 6.04 Å². The zero-order valence-corrected chi connectivity index (χ0v) is 13.4. The molecule has 1 amide bonds. The molecule has 0 spiro atoms. The van der Waals surface area contributed by atoms with Gasteiger partial charge in [-0.1, -0.05) is 18.6 Å². The van der Waals surface area contributed by atoms with E-state index in [4.69, 9.17) is 0 Å². The lowest BCUT2D eigenvalue weighted by atomic mass is 10.0. The lowest BCUT2D eigenvalue weighted by molar-refractivity contribution is -0.134. The predicted octanol–water partition coefficient (Wildman–Crippen LogP) is 2.24. The summed E-state index contributed by atoms with van der Waals surface area (Å²) in [4.78, 5) is 16.6. The first-order chi connectivity index (χ1) is 10.1. The van der Waals surface area contributed by atoms with Crippen molar-refractivity contribution in [3.8, 4) is 0 Å². The van der Waals surface area contributed by atoms with Gasteiger partial charge in [-0.15, -0.1) is 0 Å². The number of anilines is 1. The van der Waals surface area contributed by atoms with Gasteiger partial charge in [0.2, 0.25) is 5.91 Å². The molecule has 1 saturated heterocycles. The van der Waals surface area contributed by atoms with Crippen molar-refractivity contribution < 1.29 is 4.79 Å². The summed E-state index contributed by atoms with van der Waals surface area (Å²) in [6.07, 6.45) is 3.30. The Morgan fingerprint density at radius 1 is 1.24 bits per heavy atom. The molecule has 21 heavy (non-hydrogen) atoms. The highest BCUT2D eigenvalue weighted by molar-refractivity contribution is 5.82. The second-order valence-electron chi connectivity index (χ2n) is 5.92. The number of rotatable bonds is 5. The summed E-state index contributed by atoms with van der Waals surface area (Å²) in [5, 5.41) is 3.35. The van der Waals surface area contributed by atoms with Gasteiger partial charge in [-0.25, -0.2) is 0 Å². The fourth-order valence-electron chi connectivity index (χ4n) is 2.75. The zero-order chi connectivity index (χ0) is 15.2. The third-order valence-electron chi connectivity index (χ3n) is 4.13. The van der Waals surface area contributed by atoms with E-state index in [1.165, 1.54) is 17.7 Å². The van der Waals surface area contributed by atoms with Crippen LogP contribution in [0.2, 0.25) is 0 Å². The molecular formula is C17H27N3O. The maximum absolute atomic E-state index is 12.6. The number of hydrogen-bond donors (Lipinski definition) is 1. The maximum Gasteiger partial charge on any atom is 0.239 e. The van der Waals surface area contributed by atoms with Crippen molar-refractivity contribution in [2.45, 2.75) is 38.8 Å². The number of benzene rings is 1. The van der Waals surface area contributed by atoms with Crippen LogP contribution in [-0.4, -0.2) is 44.0 Å². The van der Waals surface area contributed by atoms with Crippen LogP contribution in [0.5, 0.6) is 0 Å². The summed E-state index contributed by atoms with van der Waals surface area (Å²) in [6.45, 7) is 4.47. The fraction of sp³-hybridized carbons (Fsp3) is 0.588. The van der Waals surface area contributed by atoms with Crippen LogP contribution in [0.4, 0.5) is 5.69 Å². The number of carbonyl (C=O) groups is 1. The first-order valence-corrected chi connectivity index (χ1v) is 7.90. The number of amides is 1. The van der Waals surface area contributed by atoms with Crippen LogP contribution in [0.25, 0.3) is 0 Å². The summed E-state index contributed by atoms with van der Waals surface area (Å²) in [5.74, 6) is 0.244. The first-order valence-electron chi connectivity index (χ1n) is 7.90. The maximum atomic E-state index is 12.6. The van der Waals surface area contributed by atoms with Gasteiger partial charge in [0.1, 0.15) is 0 Å². The van der Waals surface area contributed by atoms with Crippen molar-refractivity contribution in [2.75, 3.05) is 32.1 Å². The van der Waals surface area contributed by atoms with Crippen molar-refractivity contribution in [1.82, 2.24) is 10.2 Å². The predicted molar refractivity (Wildman–Crippen MR) is 87.5 cm³/mol. The van der Waals surface area contributed by atoms with E-state index in [-0.39, 0.29) is 11.9 Å². The summed E-state index contributed by atoms with van der Waals surface area (Å²) in [7, 11) is 4.07. The van der Waals surface area contributed by atoms with E-state index >= 15 is 0 Å². The quantitative estimate of drug-likeness (QED) is 0.903. The number of nitrogens with one attached hydrogen (secondary N) is 1. The molecule has 1 aromatic carbocycles. The van der Waals surface area contributed by atoms with Gasteiger partial charge < -0.3 is 15.1 Å². The highest BCUT2D eigenvalue weighted by Crippen LogP contribution is 2.15. The molecule has 1 atom stereocenters. The molecule has 1 aliphatic rings. The normalized spacial score (nSPS) is 18.3. The van der Waals surface area contributed by atoms with E-state index in [1.54, 1.807) is 0 Å². The number of carbonyl (C=O) groups excluding carboxylic acids is 1. The van der Waals surface area contributed by atoms with E-state index in [2.05, 4.69) is 41.4 Å². The van der Waals surface area contributed by atoms with E-state index in [0.717, 1.165) is 25.9 Å². The number of hydrogen-bond acceptors (Lipinski definition) is 3. The largest absolute Gasteiger partial charge is 0.378 e. The van der Waals surface area contributed by atoms with Gasteiger partial charge in [-0.2, -0.15) is 0 Å². The molecule has 4 nitrogen and oxygen atoms in total. The average Bonchev–Trinajstić information content (AvgIpc) is 2.53. The summed E-state index contributed by atoms with van der Waals surface area (Å²) in [6, 6.07) is 8.44. The first kappa shape index (κ1) is 15.8. The fourth-order valence-corrected chi connectivity index (χ4v) is 2.75. The van der Waals surface area contributed by atoms with Crippen LogP contribution in [-0.2, 0) is 11.3 Å². The Morgan fingerprint density at radius 3 is 2.48 bits per heavy atom. The van der Waals surface area contributed by atoms with Crippen molar-refractivity contribution in [1.29, 1.82) is 0 Å². The molecule has 1 aromatic rings. The van der Waals surface area contributed by atoms with Crippen molar-refractivity contribution >= 4 is 11.6 Å². The Kier molecular flexibility index (Phi) is 5.62. The van der Waals surface area contributed by atoms with E-state index in [1.807, 2.05) is 19.0 Å². The average molecular weight is 289 g/mol. The molecule has 0 aromatic heterocycles. The minimum atomic E-state index is 0.0137. The van der Waals surface area contributed by atoms with E-state index in [9.17, 15) is 4.79 Å². The monoisotopic (exact) mass is 289 g/mol.